The number of alkyl carbamates (subject to hydrolysis) is 1. The van der Waals surface area contributed by atoms with Crippen molar-refractivity contribution in [2.45, 2.75) is 64.0 Å². The molecule has 0 aliphatic heterocycles. The molecule has 0 unspecified atom stereocenters. The Hall–Kier alpha value is -5.08. The molecule has 2 amide bonds. The normalized spacial score (nSPS) is 19.0. The lowest BCUT2D eigenvalue weighted by Gasteiger charge is -2.22. The second kappa shape index (κ2) is 14.4. The molecule has 1 aromatic heterocycles. The number of benzene rings is 2. The molecule has 2 aliphatic carbocycles. The monoisotopic (exact) mass is 703 g/mol. The number of esters is 1. The van der Waals surface area contributed by atoms with Crippen LogP contribution in [0.15, 0.2) is 60.8 Å². The number of nitrogens with one attached hydrogen (secondary N) is 2. The van der Waals surface area contributed by atoms with Gasteiger partial charge in [0.1, 0.15) is 29.4 Å². The van der Waals surface area contributed by atoms with Gasteiger partial charge in [0.25, 0.3) is 17.8 Å². The number of rotatable bonds is 14. The van der Waals surface area contributed by atoms with Gasteiger partial charge in [0, 0.05) is 24.5 Å². The van der Waals surface area contributed by atoms with Crippen molar-refractivity contribution >= 4 is 23.7 Å². The van der Waals surface area contributed by atoms with E-state index in [1.54, 1.807) is 27.7 Å². The van der Waals surface area contributed by atoms with Crippen molar-refractivity contribution in [3.05, 3.63) is 71.9 Å². The predicted molar refractivity (Wildman–Crippen MR) is 171 cm³/mol. The minimum atomic E-state index is -2.72. The highest BCUT2D eigenvalue weighted by atomic mass is 19.3. The Morgan fingerprint density at radius 3 is 1.88 bits per heavy atom. The van der Waals surface area contributed by atoms with Gasteiger partial charge in [-0.25, -0.2) is 32.1 Å². The number of hydrogen-bond donors (Lipinski definition) is 2. The number of aromatic nitrogens is 1. The number of carbonyl (C=O) groups excluding carboxylic acids is 3. The molecule has 268 valence electrons. The van der Waals surface area contributed by atoms with Crippen LogP contribution in [0, 0.1) is 11.8 Å². The second-order valence-corrected chi connectivity index (χ2v) is 13.2. The van der Waals surface area contributed by atoms with E-state index in [1.165, 1.54) is 60.8 Å². The van der Waals surface area contributed by atoms with Gasteiger partial charge in [0.05, 0.1) is 42.9 Å². The van der Waals surface area contributed by atoms with Crippen molar-refractivity contribution in [2.75, 3.05) is 25.1 Å². The van der Waals surface area contributed by atoms with Gasteiger partial charge < -0.3 is 34.3 Å². The van der Waals surface area contributed by atoms with Gasteiger partial charge in [-0.15, -0.1) is 0 Å². The highest BCUT2D eigenvalue weighted by molar-refractivity contribution is 6.05. The molecule has 0 bridgehead atoms. The Labute approximate surface area is 285 Å². The van der Waals surface area contributed by atoms with E-state index in [9.17, 15) is 31.9 Å². The third kappa shape index (κ3) is 10.2. The summed E-state index contributed by atoms with van der Waals surface area (Å²) in [6, 6.07) is 12.3. The third-order valence-corrected chi connectivity index (χ3v) is 7.56. The summed E-state index contributed by atoms with van der Waals surface area (Å²) in [6.45, 7) is 6.54. The molecular weight excluding hydrogens is 666 g/mol. The topological polar surface area (TPSA) is 134 Å². The zero-order chi connectivity index (χ0) is 36.3. The molecule has 2 saturated carbocycles. The summed E-state index contributed by atoms with van der Waals surface area (Å²) in [5, 5.41) is 5.27. The van der Waals surface area contributed by atoms with Crippen molar-refractivity contribution < 1.29 is 55.6 Å². The van der Waals surface area contributed by atoms with Crippen molar-refractivity contribution in [2.24, 2.45) is 11.8 Å². The van der Waals surface area contributed by atoms with Crippen LogP contribution in [0.2, 0.25) is 0 Å². The molecule has 15 heteroatoms. The van der Waals surface area contributed by atoms with Crippen LogP contribution in [0.4, 0.5) is 28.0 Å². The molecular formula is C35H37F4N3O8. The smallest absolute Gasteiger partial charge is 0.407 e. The van der Waals surface area contributed by atoms with Crippen LogP contribution in [0.3, 0.4) is 0 Å². The lowest BCUT2D eigenvalue weighted by Crippen LogP contribution is -2.40. The molecule has 3 atom stereocenters. The third-order valence-electron chi connectivity index (χ3n) is 7.56. The molecule has 0 radical (unpaired) electrons. The molecule has 1 heterocycles. The summed E-state index contributed by atoms with van der Waals surface area (Å²) in [5.41, 5.74) is -0.398. The molecule has 11 nitrogen and oxygen atoms in total. The lowest BCUT2D eigenvalue weighted by molar-refractivity contribution is 0.0492. The Morgan fingerprint density at radius 2 is 1.38 bits per heavy atom. The van der Waals surface area contributed by atoms with Crippen molar-refractivity contribution in [1.29, 1.82) is 0 Å². The SMILES string of the molecule is C[C@@H](COc1cc(OC(=O)c2ccc(OC[C@H]3CC3(F)F)cc2)c(NC(=O)c2ccc(OC[C@H]3CC3(F)F)cc2)cn1)NC(=O)OC(C)(C)C. The number of amides is 2. The summed E-state index contributed by atoms with van der Waals surface area (Å²) in [5.74, 6) is -8.01. The molecule has 3 aromatic rings. The molecule has 2 aromatic carbocycles. The predicted octanol–water partition coefficient (Wildman–Crippen LogP) is 6.91. The van der Waals surface area contributed by atoms with Crippen molar-refractivity contribution in [3.63, 3.8) is 0 Å². The Kier molecular flexibility index (Phi) is 10.4. The largest absolute Gasteiger partial charge is 0.493 e. The van der Waals surface area contributed by atoms with Crippen molar-refractivity contribution in [3.8, 4) is 23.1 Å². The summed E-state index contributed by atoms with van der Waals surface area (Å²) in [6.07, 6.45) is 0.140. The average molecular weight is 704 g/mol. The Bertz CT molecular complexity index is 1700. The maximum Gasteiger partial charge on any atom is 0.407 e. The highest BCUT2D eigenvalue weighted by Crippen LogP contribution is 2.49. The fraction of sp³-hybridized carbons (Fsp3) is 0.429. The molecule has 5 rings (SSSR count). The first-order chi connectivity index (χ1) is 23.5. The maximum absolute atomic E-state index is 13.2. The van der Waals surface area contributed by atoms with Crippen LogP contribution in [-0.4, -0.2) is 66.3 Å². The van der Waals surface area contributed by atoms with E-state index < -0.39 is 53.3 Å². The van der Waals surface area contributed by atoms with E-state index in [1.807, 2.05) is 0 Å². The average Bonchev–Trinajstić information content (AvgIpc) is 3.88. The number of ether oxygens (including phenoxy) is 5. The van der Waals surface area contributed by atoms with Gasteiger partial charge in [0.15, 0.2) is 5.75 Å². The van der Waals surface area contributed by atoms with E-state index in [2.05, 4.69) is 15.6 Å². The standard InChI is InChI=1S/C35H37F4N3O8/c1-20(41-32(45)50-33(2,3)4)17-48-29-13-28(49-31(44)22-7-11-26(12-8-22)47-19-24-15-35(24,38)39)27(16-40-29)42-30(43)21-5-9-25(10-6-21)46-18-23-14-34(23,36)37/h5-13,16,20,23-24H,14-15,17-19H2,1-4H3,(H,41,45)(H,42,43)/t20-,23+,24+/m0/s1. The fourth-order valence-corrected chi connectivity index (χ4v) is 4.47. The summed E-state index contributed by atoms with van der Waals surface area (Å²) in [4.78, 5) is 42.6. The van der Waals surface area contributed by atoms with Crippen LogP contribution >= 0.6 is 0 Å². The summed E-state index contributed by atoms with van der Waals surface area (Å²) < 4.78 is 80.0. The highest BCUT2D eigenvalue weighted by Gasteiger charge is 2.57. The molecule has 2 fully saturated rings. The van der Waals surface area contributed by atoms with Gasteiger partial charge in [-0.3, -0.25) is 4.79 Å². The number of halogens is 4. The summed E-state index contributed by atoms with van der Waals surface area (Å²) in [7, 11) is 0. The second-order valence-electron chi connectivity index (χ2n) is 13.2. The Balaban J connectivity index is 1.25. The molecule has 2 aliphatic rings. The minimum Gasteiger partial charge on any atom is -0.493 e. The molecule has 2 N–H and O–H groups in total. The van der Waals surface area contributed by atoms with Gasteiger partial charge in [-0.1, -0.05) is 0 Å². The quantitative estimate of drug-likeness (QED) is 0.136. The minimum absolute atomic E-state index is 0.00649. The first kappa shape index (κ1) is 36.2. The molecule has 0 saturated heterocycles. The van der Waals surface area contributed by atoms with E-state index in [4.69, 9.17) is 23.7 Å². The van der Waals surface area contributed by atoms with Crippen LogP contribution in [0.25, 0.3) is 0 Å². The number of alkyl halides is 4. The molecule has 0 spiro atoms. The zero-order valence-electron chi connectivity index (χ0n) is 27.8. The van der Waals surface area contributed by atoms with Gasteiger partial charge in [0.2, 0.25) is 5.88 Å². The Morgan fingerprint density at radius 1 is 0.860 bits per heavy atom. The first-order valence-electron chi connectivity index (χ1n) is 15.8. The van der Waals surface area contributed by atoms with Gasteiger partial charge >= 0.3 is 12.1 Å². The van der Waals surface area contributed by atoms with E-state index in [-0.39, 0.29) is 61.1 Å². The zero-order valence-corrected chi connectivity index (χ0v) is 27.8. The number of nitrogens with zero attached hydrogens (tertiary/aromatic N) is 1. The molecule has 50 heavy (non-hydrogen) atoms. The van der Waals surface area contributed by atoms with Crippen LogP contribution in [0.5, 0.6) is 23.1 Å². The number of anilines is 1. The summed E-state index contributed by atoms with van der Waals surface area (Å²) >= 11 is 0. The number of hydrogen-bond acceptors (Lipinski definition) is 9. The first-order valence-corrected chi connectivity index (χ1v) is 15.8. The number of carbonyl (C=O) groups is 3. The van der Waals surface area contributed by atoms with E-state index in [0.717, 1.165) is 0 Å². The van der Waals surface area contributed by atoms with Crippen molar-refractivity contribution in [1.82, 2.24) is 10.3 Å². The van der Waals surface area contributed by atoms with Crippen LogP contribution in [0.1, 0.15) is 61.3 Å². The van der Waals surface area contributed by atoms with Crippen LogP contribution < -0.4 is 29.6 Å². The van der Waals surface area contributed by atoms with Gasteiger partial charge in [-0.05, 0) is 76.2 Å². The van der Waals surface area contributed by atoms with E-state index >= 15 is 0 Å². The number of pyridine rings is 1. The van der Waals surface area contributed by atoms with E-state index in [0.29, 0.717) is 11.5 Å². The lowest BCUT2D eigenvalue weighted by atomic mass is 10.2. The van der Waals surface area contributed by atoms with Gasteiger partial charge in [-0.2, -0.15) is 0 Å². The fourth-order valence-electron chi connectivity index (χ4n) is 4.47. The maximum atomic E-state index is 13.2. The van der Waals surface area contributed by atoms with Crippen LogP contribution in [-0.2, 0) is 4.74 Å².